The summed E-state index contributed by atoms with van der Waals surface area (Å²) in [6, 6.07) is 15.3. The smallest absolute Gasteiger partial charge is 0.318 e. The molecule has 1 saturated carbocycles. The average molecular weight is 825 g/mol. The van der Waals surface area contributed by atoms with E-state index in [1.165, 1.54) is 0 Å². The number of nitrogens with zero attached hydrogens (tertiary/aromatic N) is 2. The van der Waals surface area contributed by atoms with Crippen LogP contribution in [0.4, 0.5) is 4.79 Å². The topological polar surface area (TPSA) is 147 Å². The Bertz CT molecular complexity index is 1940. The van der Waals surface area contributed by atoms with Crippen molar-refractivity contribution in [2.24, 2.45) is 22.9 Å². The van der Waals surface area contributed by atoms with Gasteiger partial charge < -0.3 is 49.2 Å². The number of carbonyl (C=O) groups is 1. The summed E-state index contributed by atoms with van der Waals surface area (Å²) in [7, 11) is 0. The van der Waals surface area contributed by atoms with Crippen LogP contribution in [0.5, 0.6) is 11.5 Å². The predicted octanol–water partition coefficient (Wildman–Crippen LogP) is 8.51. The van der Waals surface area contributed by atoms with Crippen LogP contribution in [0.2, 0.25) is 0 Å². The van der Waals surface area contributed by atoms with Crippen LogP contribution in [-0.2, 0) is 20.9 Å². The van der Waals surface area contributed by atoms with Gasteiger partial charge in [0, 0.05) is 55.3 Å². The second-order valence-electron chi connectivity index (χ2n) is 16.5. The zero-order valence-corrected chi connectivity index (χ0v) is 35.2. The Balaban J connectivity index is 1.38. The lowest BCUT2D eigenvalue weighted by molar-refractivity contribution is -0.254. The number of oxime groups is 1. The SMILES string of the molecule is C=CCOc1ccc2c(c1)C1C(CCCCO)C(CCCCO)C=C3C(=NOC4CCCCO4)CC(N(CCC)C(=O)NCc4cc5ccccc5[nH]4)C(OCC=C)(O2)C31. The van der Waals surface area contributed by atoms with E-state index in [2.05, 4.69) is 54.7 Å². The van der Waals surface area contributed by atoms with Crippen molar-refractivity contribution in [1.82, 2.24) is 15.2 Å². The molecule has 2 amide bonds. The number of rotatable bonds is 21. The summed E-state index contributed by atoms with van der Waals surface area (Å²) in [6.07, 6.45) is 13.9. The molecule has 2 aliphatic heterocycles. The largest absolute Gasteiger partial charge is 0.490 e. The first-order chi connectivity index (χ1) is 29.4. The van der Waals surface area contributed by atoms with Gasteiger partial charge in [0.05, 0.1) is 31.4 Å². The van der Waals surface area contributed by atoms with E-state index in [0.29, 0.717) is 63.5 Å². The van der Waals surface area contributed by atoms with Gasteiger partial charge in [0.15, 0.2) is 0 Å². The minimum Gasteiger partial charge on any atom is -0.490 e. The molecular weight excluding hydrogens is 761 g/mol. The van der Waals surface area contributed by atoms with Crippen LogP contribution in [0.15, 0.2) is 90.6 Å². The number of carbonyl (C=O) groups excluding carboxylic acids is 1. The van der Waals surface area contributed by atoms with E-state index in [1.54, 1.807) is 12.2 Å². The maximum atomic E-state index is 14.8. The van der Waals surface area contributed by atoms with Crippen LogP contribution in [0.3, 0.4) is 0 Å². The lowest BCUT2D eigenvalue weighted by Crippen LogP contribution is -2.70. The number of aromatic amines is 1. The summed E-state index contributed by atoms with van der Waals surface area (Å²) < 4.78 is 26.6. The van der Waals surface area contributed by atoms with Crippen LogP contribution < -0.4 is 14.8 Å². The Hall–Kier alpha value is -4.62. The highest BCUT2D eigenvalue weighted by molar-refractivity contribution is 6.03. The summed E-state index contributed by atoms with van der Waals surface area (Å²) in [5.41, 5.74) is 4.66. The molecule has 324 valence electrons. The fraction of sp³-hybridized carbons (Fsp3) is 0.542. The standard InChI is InChI=1S/C48H64N4O8/c1-4-22-52(47(55)49-32-35-28-34-16-7-8-18-40(34)50-35)43-31-41(51-60-44-19-11-14-27-57-44)38-29-33(15-9-12-23-53)37(17-10-13-24-54)45-39-30-36(56-25-5-2)20-21-42(39)59-48(43,46(38)45)58-26-6-3/h5-8,16,18,20-21,28-30,33,37,43-46,50,53-54H,2-4,9-15,17,19,22-27,31-32H2,1H3,(H,49,55). The molecule has 0 spiro atoms. The Morgan fingerprint density at radius 2 is 1.87 bits per heavy atom. The Morgan fingerprint density at radius 3 is 2.62 bits per heavy atom. The van der Waals surface area contributed by atoms with Crippen molar-refractivity contribution in [3.8, 4) is 11.5 Å². The highest BCUT2D eigenvalue weighted by atomic mass is 16.8. The molecule has 7 rings (SSSR count). The number of unbranched alkanes of at least 4 members (excludes halogenated alkanes) is 2. The highest BCUT2D eigenvalue weighted by Gasteiger charge is 2.65. The van der Waals surface area contributed by atoms with Gasteiger partial charge in [-0.05, 0) is 98.1 Å². The van der Waals surface area contributed by atoms with E-state index >= 15 is 0 Å². The Kier molecular flexibility index (Phi) is 15.0. The van der Waals surface area contributed by atoms with Gasteiger partial charge in [-0.2, -0.15) is 0 Å². The van der Waals surface area contributed by atoms with Crippen LogP contribution in [-0.4, -0.2) is 89.5 Å². The van der Waals surface area contributed by atoms with Crippen molar-refractivity contribution in [1.29, 1.82) is 0 Å². The van der Waals surface area contributed by atoms with E-state index in [1.807, 2.05) is 35.2 Å². The molecule has 1 aromatic heterocycles. The summed E-state index contributed by atoms with van der Waals surface area (Å²) >= 11 is 0. The Labute approximate surface area is 354 Å². The van der Waals surface area contributed by atoms with Gasteiger partial charge >= 0.3 is 6.03 Å². The highest BCUT2D eigenvalue weighted by Crippen LogP contribution is 2.62. The zero-order valence-electron chi connectivity index (χ0n) is 35.2. The van der Waals surface area contributed by atoms with Crippen LogP contribution in [0.25, 0.3) is 10.9 Å². The number of aromatic nitrogens is 1. The molecule has 12 nitrogen and oxygen atoms in total. The van der Waals surface area contributed by atoms with Crippen molar-refractivity contribution in [2.45, 2.75) is 108 Å². The van der Waals surface area contributed by atoms with Crippen LogP contribution in [0, 0.1) is 17.8 Å². The van der Waals surface area contributed by atoms with E-state index in [-0.39, 0.29) is 43.6 Å². The number of urea groups is 1. The zero-order chi connectivity index (χ0) is 41.9. The van der Waals surface area contributed by atoms with Crippen molar-refractivity contribution >= 4 is 22.6 Å². The molecule has 7 atom stereocenters. The fourth-order valence-electron chi connectivity index (χ4n) is 9.95. The molecule has 3 heterocycles. The molecule has 4 aliphatic rings. The molecule has 1 saturated heterocycles. The number of para-hydroxylation sites is 1. The lowest BCUT2D eigenvalue weighted by atomic mass is 9.55. The van der Waals surface area contributed by atoms with E-state index < -0.39 is 24.0 Å². The predicted molar refractivity (Wildman–Crippen MR) is 233 cm³/mol. The molecule has 3 aromatic rings. The third-order valence-electron chi connectivity index (χ3n) is 12.5. The van der Waals surface area contributed by atoms with Gasteiger partial charge in [-0.15, -0.1) is 6.58 Å². The maximum absolute atomic E-state index is 14.8. The molecular formula is C48H64N4O8. The minimum atomic E-state index is -1.35. The summed E-state index contributed by atoms with van der Waals surface area (Å²) in [6.45, 7) is 12.1. The van der Waals surface area contributed by atoms with Crippen molar-refractivity contribution < 1.29 is 38.8 Å². The maximum Gasteiger partial charge on any atom is 0.318 e. The van der Waals surface area contributed by atoms with Crippen molar-refractivity contribution in [2.75, 3.05) is 39.6 Å². The molecule has 2 aliphatic carbocycles. The number of nitrogens with one attached hydrogen (secondary N) is 2. The molecule has 2 aromatic carbocycles. The summed E-state index contributed by atoms with van der Waals surface area (Å²) in [5.74, 6) is -0.303. The van der Waals surface area contributed by atoms with Gasteiger partial charge in [-0.3, -0.25) is 0 Å². The first kappa shape index (κ1) is 43.5. The van der Waals surface area contributed by atoms with E-state index in [9.17, 15) is 15.0 Å². The molecule has 7 unspecified atom stereocenters. The molecule has 2 fully saturated rings. The summed E-state index contributed by atoms with van der Waals surface area (Å²) in [5, 5.41) is 29.1. The van der Waals surface area contributed by atoms with Crippen LogP contribution in [0.1, 0.15) is 94.7 Å². The number of aliphatic hydroxyl groups is 2. The first-order valence-electron chi connectivity index (χ1n) is 22.1. The molecule has 0 radical (unpaired) electrons. The average Bonchev–Trinajstić information content (AvgIpc) is 3.70. The van der Waals surface area contributed by atoms with Gasteiger partial charge in [0.1, 0.15) is 24.1 Å². The molecule has 0 bridgehead atoms. The van der Waals surface area contributed by atoms with Gasteiger partial charge in [0.25, 0.3) is 0 Å². The van der Waals surface area contributed by atoms with Gasteiger partial charge in [0.2, 0.25) is 12.1 Å². The number of allylic oxidation sites excluding steroid dienone is 1. The van der Waals surface area contributed by atoms with Gasteiger partial charge in [-0.25, -0.2) is 4.79 Å². The second-order valence-corrected chi connectivity index (χ2v) is 16.5. The number of aliphatic hydroxyl groups excluding tert-OH is 2. The molecule has 12 heteroatoms. The number of hydrogen-bond donors (Lipinski definition) is 4. The van der Waals surface area contributed by atoms with Crippen molar-refractivity contribution in [3.63, 3.8) is 0 Å². The summed E-state index contributed by atoms with van der Waals surface area (Å²) in [4.78, 5) is 26.4. The number of hydrogen-bond acceptors (Lipinski definition) is 9. The number of benzene rings is 2. The van der Waals surface area contributed by atoms with Crippen LogP contribution >= 0.6 is 0 Å². The fourth-order valence-corrected chi connectivity index (χ4v) is 9.95. The van der Waals surface area contributed by atoms with Gasteiger partial charge in [-0.1, -0.05) is 67.9 Å². The van der Waals surface area contributed by atoms with Crippen molar-refractivity contribution in [3.05, 3.63) is 96.7 Å². The Morgan fingerprint density at radius 1 is 1.05 bits per heavy atom. The third-order valence-corrected chi connectivity index (χ3v) is 12.5. The minimum absolute atomic E-state index is 0.103. The first-order valence-corrected chi connectivity index (χ1v) is 22.1. The monoisotopic (exact) mass is 824 g/mol. The molecule has 4 N–H and O–H groups in total. The number of H-pyrrole nitrogens is 1. The number of amides is 2. The molecule has 60 heavy (non-hydrogen) atoms. The lowest BCUT2D eigenvalue weighted by Gasteiger charge is -2.60. The number of ether oxygens (including phenoxy) is 4. The number of fused-ring (bicyclic) bond motifs is 3. The van der Waals surface area contributed by atoms with E-state index in [4.69, 9.17) is 28.9 Å². The second kappa shape index (κ2) is 20.8. The third kappa shape index (κ3) is 9.47. The quantitative estimate of drug-likeness (QED) is 0.0475. The normalized spacial score (nSPS) is 26.3. The van der Waals surface area contributed by atoms with E-state index in [0.717, 1.165) is 78.4 Å².